The number of hydrogen-bond acceptors (Lipinski definition) is 1. The van der Waals surface area contributed by atoms with Crippen molar-refractivity contribution in [1.29, 1.82) is 0 Å². The van der Waals surface area contributed by atoms with Gasteiger partial charge < -0.3 is 5.32 Å². The first-order valence-corrected chi connectivity index (χ1v) is 2.91. The number of hydrogen-bond donors (Lipinski definition) is 1. The third kappa shape index (κ3) is 1.77. The zero-order valence-electron chi connectivity index (χ0n) is 5.11. The first-order valence-electron chi connectivity index (χ1n) is 2.91. The van der Waals surface area contributed by atoms with Crippen LogP contribution in [0.25, 0.3) is 0 Å². The number of carbonyl (C=O) groups excluding carboxylic acids is 1. The van der Waals surface area contributed by atoms with Crippen molar-refractivity contribution in [3.63, 3.8) is 0 Å². The van der Waals surface area contributed by atoms with Crippen molar-refractivity contribution >= 4 is 5.91 Å². The number of carbonyl (C=O) groups is 1. The van der Waals surface area contributed by atoms with E-state index in [1.807, 2.05) is 0 Å². The summed E-state index contributed by atoms with van der Waals surface area (Å²) in [6.45, 7) is 0.350. The largest absolute Gasteiger partial charge is 0.345 e. The zero-order chi connectivity index (χ0) is 6.69. The highest BCUT2D eigenvalue weighted by molar-refractivity contribution is 5.93. The fourth-order valence-corrected chi connectivity index (χ4v) is 0.546. The van der Waals surface area contributed by atoms with Gasteiger partial charge in [0.1, 0.15) is 0 Å². The standard InChI is InChI=1S/C7H8NO/c1-2-5-8-7(9)6-3-4-6/h1H,3-5H2,(H,8,9). The molecule has 0 aliphatic heterocycles. The Kier molecular flexibility index (Phi) is 1.74. The van der Waals surface area contributed by atoms with E-state index in [1.54, 1.807) is 0 Å². The molecule has 9 heavy (non-hydrogen) atoms. The Balaban J connectivity index is 2.12. The van der Waals surface area contributed by atoms with Crippen molar-refractivity contribution in [2.24, 2.45) is 0 Å². The molecule has 0 atom stereocenters. The Morgan fingerprint density at radius 3 is 2.89 bits per heavy atom. The van der Waals surface area contributed by atoms with Gasteiger partial charge in [-0.25, -0.2) is 0 Å². The number of amides is 1. The van der Waals surface area contributed by atoms with Gasteiger partial charge in [0.25, 0.3) is 0 Å². The van der Waals surface area contributed by atoms with Crippen LogP contribution in [-0.2, 0) is 4.79 Å². The van der Waals surface area contributed by atoms with Crippen LogP contribution in [0.1, 0.15) is 12.8 Å². The summed E-state index contributed by atoms with van der Waals surface area (Å²) in [5.41, 5.74) is 0. The normalized spacial score (nSPS) is 16.3. The van der Waals surface area contributed by atoms with E-state index in [0.29, 0.717) is 6.54 Å². The number of terminal acetylenes is 1. The molecule has 1 radical (unpaired) electrons. The quantitative estimate of drug-likeness (QED) is 0.517. The number of nitrogens with one attached hydrogen (secondary N) is 1. The molecule has 0 spiro atoms. The van der Waals surface area contributed by atoms with Gasteiger partial charge >= 0.3 is 0 Å². The summed E-state index contributed by atoms with van der Waals surface area (Å²) in [5.74, 6) is 3.35. The van der Waals surface area contributed by atoms with E-state index in [2.05, 4.69) is 11.2 Å². The molecule has 1 amide bonds. The zero-order valence-corrected chi connectivity index (χ0v) is 5.11. The van der Waals surface area contributed by atoms with E-state index in [1.165, 1.54) is 0 Å². The predicted molar refractivity (Wildman–Crippen MR) is 34.3 cm³/mol. The Labute approximate surface area is 54.6 Å². The van der Waals surface area contributed by atoms with Crippen LogP contribution in [-0.4, -0.2) is 12.5 Å². The molecule has 0 aromatic rings. The van der Waals surface area contributed by atoms with Crippen molar-refractivity contribution in [1.82, 2.24) is 5.32 Å². The summed E-state index contributed by atoms with van der Waals surface area (Å²) in [5, 5.41) is 2.58. The molecule has 0 heterocycles. The third-order valence-corrected chi connectivity index (χ3v) is 1.17. The first kappa shape index (κ1) is 6.15. The summed E-state index contributed by atoms with van der Waals surface area (Å²) < 4.78 is 0. The summed E-state index contributed by atoms with van der Waals surface area (Å²) in [7, 11) is 0. The molecule has 2 heteroatoms. The molecule has 0 unspecified atom stereocenters. The van der Waals surface area contributed by atoms with Crippen LogP contribution in [0.4, 0.5) is 0 Å². The van der Waals surface area contributed by atoms with Gasteiger partial charge in [-0.15, -0.1) is 6.42 Å². The minimum Gasteiger partial charge on any atom is -0.345 e. The monoisotopic (exact) mass is 122 g/mol. The minimum absolute atomic E-state index is 0.0351. The summed E-state index contributed by atoms with van der Waals surface area (Å²) in [4.78, 5) is 10.7. The minimum atomic E-state index is 0.0351. The average molecular weight is 122 g/mol. The lowest BCUT2D eigenvalue weighted by Crippen LogP contribution is -2.23. The molecule has 47 valence electrons. The molecule has 0 saturated heterocycles. The van der Waals surface area contributed by atoms with E-state index in [0.717, 1.165) is 18.8 Å². The molecule has 1 aliphatic carbocycles. The van der Waals surface area contributed by atoms with Gasteiger partial charge in [-0.05, 0) is 12.8 Å². The highest BCUT2D eigenvalue weighted by Crippen LogP contribution is 2.31. The molecule has 1 N–H and O–H groups in total. The Morgan fingerprint density at radius 2 is 2.44 bits per heavy atom. The van der Waals surface area contributed by atoms with Gasteiger partial charge in [0.15, 0.2) is 0 Å². The van der Waals surface area contributed by atoms with Gasteiger partial charge in [-0.2, -0.15) is 0 Å². The molecular weight excluding hydrogens is 114 g/mol. The highest BCUT2D eigenvalue weighted by atomic mass is 16.2. The van der Waals surface area contributed by atoms with E-state index in [-0.39, 0.29) is 5.91 Å². The summed E-state index contributed by atoms with van der Waals surface area (Å²) in [6, 6.07) is 0. The first-order chi connectivity index (χ1) is 4.34. The summed E-state index contributed by atoms with van der Waals surface area (Å²) >= 11 is 0. The lowest BCUT2D eigenvalue weighted by atomic mass is 10.4. The van der Waals surface area contributed by atoms with Crippen LogP contribution >= 0.6 is 0 Å². The van der Waals surface area contributed by atoms with Gasteiger partial charge in [0, 0.05) is 0 Å². The van der Waals surface area contributed by atoms with Gasteiger partial charge in [-0.1, -0.05) is 5.92 Å². The third-order valence-electron chi connectivity index (χ3n) is 1.17. The Morgan fingerprint density at radius 1 is 1.78 bits per heavy atom. The second kappa shape index (κ2) is 2.54. The van der Waals surface area contributed by atoms with Crippen molar-refractivity contribution < 1.29 is 4.79 Å². The SMILES string of the molecule is C#CCNC(=O)[C]1CC1. The van der Waals surface area contributed by atoms with Gasteiger partial charge in [0.05, 0.1) is 12.5 Å². The lowest BCUT2D eigenvalue weighted by molar-refractivity contribution is -0.118. The molecule has 1 aliphatic rings. The Hall–Kier alpha value is -0.970. The second-order valence-corrected chi connectivity index (χ2v) is 1.99. The van der Waals surface area contributed by atoms with Crippen LogP contribution in [0.15, 0.2) is 0 Å². The van der Waals surface area contributed by atoms with Crippen molar-refractivity contribution in [3.8, 4) is 12.3 Å². The summed E-state index contributed by atoms with van der Waals surface area (Å²) in [6.07, 6.45) is 6.83. The second-order valence-electron chi connectivity index (χ2n) is 1.99. The molecule has 2 nitrogen and oxygen atoms in total. The molecule has 0 bridgehead atoms. The maximum Gasteiger partial charge on any atom is 0.228 e. The predicted octanol–water partition coefficient (Wildman–Crippen LogP) is 0.104. The van der Waals surface area contributed by atoms with Crippen LogP contribution in [0, 0.1) is 18.3 Å². The maximum atomic E-state index is 10.7. The number of rotatable bonds is 2. The van der Waals surface area contributed by atoms with Gasteiger partial charge in [-0.3, -0.25) is 4.79 Å². The van der Waals surface area contributed by atoms with E-state index in [4.69, 9.17) is 6.42 Å². The smallest absolute Gasteiger partial charge is 0.228 e. The maximum absolute atomic E-state index is 10.7. The van der Waals surface area contributed by atoms with E-state index < -0.39 is 0 Å². The van der Waals surface area contributed by atoms with Crippen LogP contribution in [0.2, 0.25) is 0 Å². The van der Waals surface area contributed by atoms with Gasteiger partial charge in [0.2, 0.25) is 5.91 Å². The fourth-order valence-electron chi connectivity index (χ4n) is 0.546. The molecule has 0 aromatic heterocycles. The topological polar surface area (TPSA) is 29.1 Å². The van der Waals surface area contributed by atoms with Crippen LogP contribution < -0.4 is 5.32 Å². The average Bonchev–Trinajstić information content (AvgIpc) is 2.63. The van der Waals surface area contributed by atoms with Crippen molar-refractivity contribution in [2.45, 2.75) is 12.8 Å². The van der Waals surface area contributed by atoms with Crippen LogP contribution in [0.3, 0.4) is 0 Å². The molecular formula is C7H8NO. The van der Waals surface area contributed by atoms with Crippen LogP contribution in [0.5, 0.6) is 0 Å². The lowest BCUT2D eigenvalue weighted by Gasteiger charge is -1.94. The molecule has 1 rings (SSSR count). The van der Waals surface area contributed by atoms with Crippen molar-refractivity contribution in [3.05, 3.63) is 5.92 Å². The Bertz CT molecular complexity index is 153. The van der Waals surface area contributed by atoms with Crippen molar-refractivity contribution in [2.75, 3.05) is 6.54 Å². The molecule has 1 saturated carbocycles. The van der Waals surface area contributed by atoms with E-state index in [9.17, 15) is 4.79 Å². The molecule has 1 fully saturated rings. The highest BCUT2D eigenvalue weighted by Gasteiger charge is 2.29. The fraction of sp³-hybridized carbons (Fsp3) is 0.429. The van der Waals surface area contributed by atoms with E-state index >= 15 is 0 Å². The molecule has 0 aromatic carbocycles.